The molecule has 0 amide bonds. The zero-order valence-electron chi connectivity index (χ0n) is 15.3. The molecule has 2 bridgehead atoms. The second-order valence-corrected chi connectivity index (χ2v) is 8.26. The van der Waals surface area contributed by atoms with Crippen molar-refractivity contribution in [2.75, 3.05) is 0 Å². The maximum Gasteiger partial charge on any atom is 0.270 e. The third-order valence-corrected chi connectivity index (χ3v) is 6.05. The SMILES string of the molecule is CCCn1cc(/C=c2\sc3n(c2=O)[C@@H]2C[C@@](C)(N=3)Oc3ccccc32)cn1. The van der Waals surface area contributed by atoms with E-state index in [0.29, 0.717) is 11.0 Å². The summed E-state index contributed by atoms with van der Waals surface area (Å²) in [4.78, 5) is 18.7. The summed E-state index contributed by atoms with van der Waals surface area (Å²) in [5.74, 6) is 0.815. The lowest BCUT2D eigenvalue weighted by molar-refractivity contribution is 0.0410. The van der Waals surface area contributed by atoms with Gasteiger partial charge in [0.25, 0.3) is 5.56 Å². The number of nitrogens with zero attached hydrogens (tertiary/aromatic N) is 4. The van der Waals surface area contributed by atoms with Crippen LogP contribution in [0.2, 0.25) is 0 Å². The smallest absolute Gasteiger partial charge is 0.270 e. The topological polar surface area (TPSA) is 61.4 Å². The highest BCUT2D eigenvalue weighted by molar-refractivity contribution is 7.07. The molecule has 0 saturated heterocycles. The number of aromatic nitrogens is 3. The molecule has 0 fully saturated rings. The van der Waals surface area contributed by atoms with Gasteiger partial charge in [0.15, 0.2) is 4.80 Å². The fraction of sp³-hybridized carbons (Fsp3) is 0.350. The summed E-state index contributed by atoms with van der Waals surface area (Å²) in [7, 11) is 0. The van der Waals surface area contributed by atoms with Crippen molar-refractivity contribution in [3.8, 4) is 5.75 Å². The van der Waals surface area contributed by atoms with Gasteiger partial charge in [-0.05, 0) is 25.5 Å². The van der Waals surface area contributed by atoms with Gasteiger partial charge in [0.1, 0.15) is 5.75 Å². The number of hydrogen-bond donors (Lipinski definition) is 0. The van der Waals surface area contributed by atoms with Crippen molar-refractivity contribution in [2.45, 2.75) is 45.0 Å². The Kier molecular flexibility index (Phi) is 3.62. The first kappa shape index (κ1) is 16.5. The molecule has 2 aliphatic heterocycles. The molecule has 3 aromatic rings. The summed E-state index contributed by atoms with van der Waals surface area (Å²) in [6, 6.07) is 7.89. The van der Waals surface area contributed by atoms with Gasteiger partial charge in [-0.3, -0.25) is 14.0 Å². The van der Waals surface area contributed by atoms with E-state index in [9.17, 15) is 4.79 Å². The molecule has 0 N–H and O–H groups in total. The van der Waals surface area contributed by atoms with Crippen molar-refractivity contribution in [3.63, 3.8) is 0 Å². The van der Waals surface area contributed by atoms with Crippen molar-refractivity contribution in [3.05, 3.63) is 67.5 Å². The Bertz CT molecular complexity index is 1210. The maximum absolute atomic E-state index is 13.2. The Labute approximate surface area is 160 Å². The molecule has 2 aliphatic rings. The van der Waals surface area contributed by atoms with Gasteiger partial charge in [0, 0.05) is 30.3 Å². The Hall–Kier alpha value is -2.67. The van der Waals surface area contributed by atoms with Crippen molar-refractivity contribution < 1.29 is 4.74 Å². The summed E-state index contributed by atoms with van der Waals surface area (Å²) in [6.45, 7) is 4.98. The fourth-order valence-corrected chi connectivity index (χ4v) is 5.02. The first-order valence-electron chi connectivity index (χ1n) is 9.20. The molecule has 4 heterocycles. The van der Waals surface area contributed by atoms with Crippen LogP contribution >= 0.6 is 11.3 Å². The van der Waals surface area contributed by atoms with Crippen LogP contribution in [-0.2, 0) is 6.54 Å². The van der Waals surface area contributed by atoms with Gasteiger partial charge < -0.3 is 4.74 Å². The van der Waals surface area contributed by atoms with Crippen LogP contribution in [0.25, 0.3) is 6.08 Å². The van der Waals surface area contributed by atoms with Gasteiger partial charge >= 0.3 is 0 Å². The van der Waals surface area contributed by atoms with Crippen molar-refractivity contribution in [2.24, 2.45) is 4.99 Å². The van der Waals surface area contributed by atoms with Crippen molar-refractivity contribution in [1.29, 1.82) is 0 Å². The Morgan fingerprint density at radius 2 is 2.26 bits per heavy atom. The number of thiazole rings is 1. The van der Waals surface area contributed by atoms with Crippen LogP contribution in [0.15, 0.2) is 46.4 Å². The van der Waals surface area contributed by atoms with Crippen molar-refractivity contribution in [1.82, 2.24) is 14.3 Å². The first-order valence-corrected chi connectivity index (χ1v) is 10.0. The van der Waals surface area contributed by atoms with Gasteiger partial charge in [0.2, 0.25) is 5.72 Å². The predicted molar refractivity (Wildman–Crippen MR) is 104 cm³/mol. The van der Waals surface area contributed by atoms with E-state index < -0.39 is 5.72 Å². The van der Waals surface area contributed by atoms with E-state index in [1.165, 1.54) is 11.3 Å². The zero-order valence-corrected chi connectivity index (χ0v) is 16.1. The maximum atomic E-state index is 13.2. The molecule has 27 heavy (non-hydrogen) atoms. The lowest BCUT2D eigenvalue weighted by Gasteiger charge is -2.39. The third-order valence-electron chi connectivity index (χ3n) is 5.06. The van der Waals surface area contributed by atoms with Gasteiger partial charge in [-0.1, -0.05) is 36.5 Å². The van der Waals surface area contributed by atoms with Gasteiger partial charge in [-0.2, -0.15) is 5.10 Å². The Balaban J connectivity index is 1.68. The van der Waals surface area contributed by atoms with E-state index >= 15 is 0 Å². The molecule has 5 rings (SSSR count). The van der Waals surface area contributed by atoms with Crippen LogP contribution in [0.1, 0.15) is 43.9 Å². The number of aryl methyl sites for hydroxylation is 1. The van der Waals surface area contributed by atoms with Crippen LogP contribution in [0.3, 0.4) is 0 Å². The Morgan fingerprint density at radius 3 is 3.11 bits per heavy atom. The number of fused-ring (bicyclic) bond motifs is 6. The van der Waals surface area contributed by atoms with E-state index in [1.807, 2.05) is 52.7 Å². The molecule has 7 heteroatoms. The predicted octanol–water partition coefficient (Wildman–Crippen LogP) is 2.07. The van der Waals surface area contributed by atoms with E-state index in [0.717, 1.165) is 34.6 Å². The summed E-state index contributed by atoms with van der Waals surface area (Å²) < 4.78 is 10.6. The van der Waals surface area contributed by atoms with E-state index in [1.54, 1.807) is 6.20 Å². The van der Waals surface area contributed by atoms with E-state index in [4.69, 9.17) is 9.73 Å². The van der Waals surface area contributed by atoms with Gasteiger partial charge in [-0.15, -0.1) is 0 Å². The van der Waals surface area contributed by atoms with Crippen LogP contribution in [-0.4, -0.2) is 20.1 Å². The number of ether oxygens (including phenoxy) is 1. The molecule has 0 radical (unpaired) electrons. The summed E-state index contributed by atoms with van der Waals surface area (Å²) in [6.07, 6.45) is 7.37. The lowest BCUT2D eigenvalue weighted by Crippen LogP contribution is -2.49. The molecule has 1 aromatic carbocycles. The van der Waals surface area contributed by atoms with Gasteiger partial charge in [-0.25, -0.2) is 4.99 Å². The van der Waals surface area contributed by atoms with Crippen molar-refractivity contribution >= 4 is 17.4 Å². The normalized spacial score (nSPS) is 23.3. The highest BCUT2D eigenvalue weighted by Crippen LogP contribution is 2.42. The number of para-hydroxylation sites is 1. The second kappa shape index (κ2) is 5.92. The van der Waals surface area contributed by atoms with Crippen LogP contribution in [0, 0.1) is 0 Å². The summed E-state index contributed by atoms with van der Waals surface area (Å²) in [5, 5.41) is 4.35. The minimum atomic E-state index is -0.625. The fourth-order valence-electron chi connectivity index (χ4n) is 3.89. The molecule has 2 aromatic heterocycles. The minimum Gasteiger partial charge on any atom is -0.466 e. The highest BCUT2D eigenvalue weighted by Gasteiger charge is 2.42. The average molecular weight is 380 g/mol. The van der Waals surface area contributed by atoms with Gasteiger partial charge in [0.05, 0.1) is 16.8 Å². The average Bonchev–Trinajstić information content (AvgIpc) is 3.19. The quantitative estimate of drug-likeness (QED) is 0.699. The Morgan fingerprint density at radius 1 is 1.41 bits per heavy atom. The molecular formula is C20H20N4O2S. The largest absolute Gasteiger partial charge is 0.466 e. The zero-order chi connectivity index (χ0) is 18.6. The molecule has 6 nitrogen and oxygen atoms in total. The first-order chi connectivity index (χ1) is 13.1. The number of hydrogen-bond acceptors (Lipinski definition) is 5. The number of rotatable bonds is 3. The number of benzene rings is 1. The standard InChI is InChI=1S/C20H20N4O2S/c1-3-8-23-12-13(11-21-23)9-17-18(25)24-15-10-20(2,22-19(24)27-17)26-16-7-5-4-6-14(15)16/h4-7,9,11-12,15H,3,8,10H2,1-2H3/b17-9-/t15-,20+/m1/s1. The monoisotopic (exact) mass is 380 g/mol. The molecule has 138 valence electrons. The molecule has 0 spiro atoms. The minimum absolute atomic E-state index is 0.00532. The van der Waals surface area contributed by atoms with E-state index in [-0.39, 0.29) is 11.6 Å². The lowest BCUT2D eigenvalue weighted by atomic mass is 9.93. The summed E-state index contributed by atoms with van der Waals surface area (Å²) >= 11 is 1.42. The second-order valence-electron chi connectivity index (χ2n) is 7.25. The van der Waals surface area contributed by atoms with Crippen LogP contribution in [0.5, 0.6) is 5.75 Å². The molecule has 0 aliphatic carbocycles. The molecule has 0 saturated carbocycles. The van der Waals surface area contributed by atoms with Crippen LogP contribution in [0.4, 0.5) is 0 Å². The highest BCUT2D eigenvalue weighted by atomic mass is 32.1. The third kappa shape index (κ3) is 2.65. The molecular weight excluding hydrogens is 360 g/mol. The summed E-state index contributed by atoms with van der Waals surface area (Å²) in [5.41, 5.74) is 1.37. The molecule has 2 atom stereocenters. The molecule has 0 unspecified atom stereocenters. The van der Waals surface area contributed by atoms with Crippen LogP contribution < -0.4 is 19.6 Å². The van der Waals surface area contributed by atoms with E-state index in [2.05, 4.69) is 12.0 Å².